The molecule has 0 saturated heterocycles. The van der Waals surface area contributed by atoms with Crippen molar-refractivity contribution in [1.29, 1.82) is 0 Å². The average Bonchev–Trinajstić information content (AvgIpc) is 2.69. The van der Waals surface area contributed by atoms with Gasteiger partial charge in [0.25, 0.3) is 11.6 Å². The summed E-state index contributed by atoms with van der Waals surface area (Å²) in [5, 5.41) is 17.2. The van der Waals surface area contributed by atoms with Gasteiger partial charge in [0, 0.05) is 35.9 Å². The Balaban J connectivity index is 1.79. The van der Waals surface area contributed by atoms with E-state index in [4.69, 9.17) is 4.74 Å². The minimum atomic E-state index is -0.534. The molecule has 1 heterocycles. The van der Waals surface area contributed by atoms with E-state index >= 15 is 0 Å². The maximum Gasteiger partial charge on any atom is 0.293 e. The number of methoxy groups -OCH3 is 1. The molecule has 1 aliphatic heterocycles. The zero-order valence-corrected chi connectivity index (χ0v) is 16.1. The van der Waals surface area contributed by atoms with Crippen LogP contribution in [0, 0.1) is 15.9 Å². The molecule has 28 heavy (non-hydrogen) atoms. The van der Waals surface area contributed by atoms with Gasteiger partial charge in [-0.1, -0.05) is 12.1 Å². The number of halogens is 1. The summed E-state index contributed by atoms with van der Waals surface area (Å²) in [6.45, 7) is 0.806. The van der Waals surface area contributed by atoms with Crippen molar-refractivity contribution >= 4 is 29.0 Å². The number of hydrogen-bond acceptors (Lipinski definition) is 6. The van der Waals surface area contributed by atoms with Gasteiger partial charge in [-0.25, -0.2) is 4.39 Å². The number of benzene rings is 2. The van der Waals surface area contributed by atoms with Gasteiger partial charge in [0.1, 0.15) is 11.5 Å². The lowest BCUT2D eigenvalue weighted by Gasteiger charge is -2.26. The first-order chi connectivity index (χ1) is 13.5. The predicted octanol–water partition coefficient (Wildman–Crippen LogP) is 3.76. The maximum absolute atomic E-state index is 14.0. The molecule has 7 nitrogen and oxygen atoms in total. The molecule has 3 rings (SSSR count). The van der Waals surface area contributed by atoms with Crippen molar-refractivity contribution < 1.29 is 18.8 Å². The molecule has 9 heteroatoms. The molecule has 0 bridgehead atoms. The highest BCUT2D eigenvalue weighted by molar-refractivity contribution is 7.99. The third-order valence-corrected chi connectivity index (χ3v) is 5.57. The first kappa shape index (κ1) is 20.1. The van der Waals surface area contributed by atoms with Gasteiger partial charge in [0.2, 0.25) is 0 Å². The summed E-state index contributed by atoms with van der Waals surface area (Å²) >= 11 is 1.43. The SMILES string of the molecule is COCCNc1ccc(C(=O)NC2CCSc3c(F)cccc32)cc1[N+](=O)[O-]. The number of nitrogens with one attached hydrogen (secondary N) is 2. The molecule has 0 saturated carbocycles. The molecule has 1 unspecified atom stereocenters. The highest BCUT2D eigenvalue weighted by Crippen LogP contribution is 2.38. The standard InChI is InChI=1S/C19H20FN3O4S/c1-27-9-8-21-16-6-5-12(11-17(16)23(25)26)19(24)22-15-7-10-28-18-13(15)3-2-4-14(18)20/h2-6,11,15,21H,7-10H2,1H3,(H,22,24). The van der Waals surface area contributed by atoms with Crippen LogP contribution in [0.2, 0.25) is 0 Å². The Kier molecular flexibility index (Phi) is 6.48. The van der Waals surface area contributed by atoms with Crippen molar-refractivity contribution in [2.45, 2.75) is 17.4 Å². The number of amides is 1. The van der Waals surface area contributed by atoms with Crippen molar-refractivity contribution in [1.82, 2.24) is 5.32 Å². The van der Waals surface area contributed by atoms with Gasteiger partial charge in [-0.3, -0.25) is 14.9 Å². The van der Waals surface area contributed by atoms with E-state index in [0.717, 1.165) is 5.56 Å². The summed E-state index contributed by atoms with van der Waals surface area (Å²) < 4.78 is 18.9. The molecule has 1 amide bonds. The van der Waals surface area contributed by atoms with Gasteiger partial charge in [-0.2, -0.15) is 0 Å². The third-order valence-electron chi connectivity index (χ3n) is 4.41. The van der Waals surface area contributed by atoms with Gasteiger partial charge < -0.3 is 15.4 Å². The number of hydrogen-bond donors (Lipinski definition) is 2. The largest absolute Gasteiger partial charge is 0.383 e. The van der Waals surface area contributed by atoms with E-state index in [-0.39, 0.29) is 23.1 Å². The van der Waals surface area contributed by atoms with Crippen LogP contribution < -0.4 is 10.6 Å². The molecule has 0 spiro atoms. The van der Waals surface area contributed by atoms with Crippen molar-refractivity contribution in [3.63, 3.8) is 0 Å². The average molecular weight is 405 g/mol. The smallest absolute Gasteiger partial charge is 0.293 e. The van der Waals surface area contributed by atoms with Crippen LogP contribution in [0.1, 0.15) is 28.4 Å². The summed E-state index contributed by atoms with van der Waals surface area (Å²) in [4.78, 5) is 24.1. The van der Waals surface area contributed by atoms with E-state index in [9.17, 15) is 19.3 Å². The number of rotatable bonds is 7. The third kappa shape index (κ3) is 4.42. The summed E-state index contributed by atoms with van der Waals surface area (Å²) in [7, 11) is 1.54. The Morgan fingerprint density at radius 3 is 2.96 bits per heavy atom. The number of carbonyl (C=O) groups is 1. The Morgan fingerprint density at radius 2 is 2.21 bits per heavy atom. The number of nitro groups is 1. The number of ether oxygens (including phenoxy) is 1. The molecule has 0 radical (unpaired) electrons. The highest BCUT2D eigenvalue weighted by Gasteiger charge is 2.26. The lowest BCUT2D eigenvalue weighted by molar-refractivity contribution is -0.384. The lowest BCUT2D eigenvalue weighted by Crippen LogP contribution is -2.31. The molecule has 0 fully saturated rings. The number of fused-ring (bicyclic) bond motifs is 1. The van der Waals surface area contributed by atoms with Gasteiger partial charge in [0.15, 0.2) is 0 Å². The fourth-order valence-electron chi connectivity index (χ4n) is 3.04. The zero-order chi connectivity index (χ0) is 20.1. The molecule has 1 aliphatic rings. The minimum absolute atomic E-state index is 0.181. The number of nitro benzene ring substituents is 1. The molecule has 1 atom stereocenters. The van der Waals surface area contributed by atoms with Crippen molar-refractivity contribution in [2.75, 3.05) is 31.3 Å². The topological polar surface area (TPSA) is 93.5 Å². The Labute approximate surface area is 165 Å². The highest BCUT2D eigenvalue weighted by atomic mass is 32.2. The van der Waals surface area contributed by atoms with Crippen LogP contribution in [0.25, 0.3) is 0 Å². The lowest BCUT2D eigenvalue weighted by atomic mass is 10.0. The summed E-state index contributed by atoms with van der Waals surface area (Å²) in [5.74, 6) is -0.0521. The van der Waals surface area contributed by atoms with E-state index in [0.29, 0.717) is 35.9 Å². The summed E-state index contributed by atoms with van der Waals surface area (Å²) in [6, 6.07) is 8.75. The Bertz CT molecular complexity index is 893. The first-order valence-corrected chi connectivity index (χ1v) is 9.73. The van der Waals surface area contributed by atoms with Gasteiger partial charge in [-0.15, -0.1) is 11.8 Å². The Morgan fingerprint density at radius 1 is 1.39 bits per heavy atom. The first-order valence-electron chi connectivity index (χ1n) is 8.74. The van der Waals surface area contributed by atoms with E-state index < -0.39 is 10.8 Å². The normalized spacial score (nSPS) is 15.6. The van der Waals surface area contributed by atoms with E-state index in [1.807, 2.05) is 0 Å². The zero-order valence-electron chi connectivity index (χ0n) is 15.2. The van der Waals surface area contributed by atoms with E-state index in [2.05, 4.69) is 10.6 Å². The van der Waals surface area contributed by atoms with Gasteiger partial charge in [-0.05, 0) is 30.2 Å². The number of thioether (sulfide) groups is 1. The van der Waals surface area contributed by atoms with E-state index in [1.165, 1.54) is 43.1 Å². The molecule has 0 aromatic heterocycles. The second kappa shape index (κ2) is 9.03. The second-order valence-corrected chi connectivity index (χ2v) is 7.34. The quantitative estimate of drug-likeness (QED) is 0.414. The van der Waals surface area contributed by atoms with Crippen LogP contribution in [0.3, 0.4) is 0 Å². The molecular formula is C19H20FN3O4S. The molecule has 0 aliphatic carbocycles. The molecular weight excluding hydrogens is 385 g/mol. The molecule has 148 valence electrons. The van der Waals surface area contributed by atoms with Crippen LogP contribution >= 0.6 is 11.8 Å². The van der Waals surface area contributed by atoms with Crippen LogP contribution in [0.4, 0.5) is 15.8 Å². The minimum Gasteiger partial charge on any atom is -0.383 e. The van der Waals surface area contributed by atoms with Crippen LogP contribution in [0.5, 0.6) is 0 Å². The van der Waals surface area contributed by atoms with Crippen LogP contribution in [0.15, 0.2) is 41.3 Å². The molecule has 2 aromatic rings. The fraction of sp³-hybridized carbons (Fsp3) is 0.316. The second-order valence-electron chi connectivity index (χ2n) is 6.23. The van der Waals surface area contributed by atoms with Gasteiger partial charge in [0.05, 0.1) is 17.6 Å². The number of anilines is 1. The number of nitrogens with zero attached hydrogens (tertiary/aromatic N) is 1. The van der Waals surface area contributed by atoms with Crippen molar-refractivity contribution in [2.24, 2.45) is 0 Å². The summed E-state index contributed by atoms with van der Waals surface area (Å²) in [6.07, 6.45) is 0.658. The van der Waals surface area contributed by atoms with Crippen molar-refractivity contribution in [3.8, 4) is 0 Å². The fourth-order valence-corrected chi connectivity index (χ4v) is 4.18. The van der Waals surface area contributed by atoms with Crippen LogP contribution in [-0.4, -0.2) is 36.8 Å². The summed E-state index contributed by atoms with van der Waals surface area (Å²) in [5.41, 5.74) is 1.05. The predicted molar refractivity (Wildman–Crippen MR) is 105 cm³/mol. The maximum atomic E-state index is 14.0. The molecule has 2 N–H and O–H groups in total. The van der Waals surface area contributed by atoms with Crippen molar-refractivity contribution in [3.05, 3.63) is 63.5 Å². The number of carbonyl (C=O) groups excluding carboxylic acids is 1. The Hall–Kier alpha value is -2.65. The molecule has 2 aromatic carbocycles. The van der Waals surface area contributed by atoms with Gasteiger partial charge >= 0.3 is 0 Å². The van der Waals surface area contributed by atoms with E-state index in [1.54, 1.807) is 12.1 Å². The monoisotopic (exact) mass is 405 g/mol. The van der Waals surface area contributed by atoms with Crippen LogP contribution in [-0.2, 0) is 4.74 Å².